The number of halogens is 3. The van der Waals surface area contributed by atoms with Gasteiger partial charge in [-0.3, -0.25) is 0 Å². The minimum absolute atomic E-state index is 0.869. The third kappa shape index (κ3) is 3.94. The lowest BCUT2D eigenvalue weighted by molar-refractivity contribution is -0.147. The lowest BCUT2D eigenvalue weighted by Gasteiger charge is -2.23. The van der Waals surface area contributed by atoms with Crippen LogP contribution in [0, 0.1) is 0 Å². The number of hydrogen-bond donors (Lipinski definition) is 1. The van der Waals surface area contributed by atoms with Gasteiger partial charge in [-0.05, 0) is 0 Å². The molecule has 0 spiro atoms. The highest BCUT2D eigenvalue weighted by molar-refractivity contribution is 7.86. The first-order chi connectivity index (χ1) is 7.13. The summed E-state index contributed by atoms with van der Waals surface area (Å²) < 4.78 is 71.5. The average Bonchev–Trinajstić information content (AvgIpc) is 2.15. The average molecular weight is 265 g/mol. The Morgan fingerprint density at radius 3 is 2.38 bits per heavy atom. The summed E-state index contributed by atoms with van der Waals surface area (Å²) in [6.07, 6.45) is -4.44. The van der Waals surface area contributed by atoms with Crippen molar-refractivity contribution in [3.05, 3.63) is 0 Å². The van der Waals surface area contributed by atoms with Crippen molar-refractivity contribution in [2.75, 3.05) is 13.2 Å². The second-order valence-electron chi connectivity index (χ2n) is 2.65. The Morgan fingerprint density at radius 1 is 1.50 bits per heavy atom. The summed E-state index contributed by atoms with van der Waals surface area (Å²) in [5, 5.41) is 3.06. The molecule has 1 N–H and O–H groups in total. The fraction of sp³-hybridized carbons (Fsp3) is 0.833. The summed E-state index contributed by atoms with van der Waals surface area (Å²) in [5.41, 5.74) is 0. The topological polar surface area (TPSA) is 104 Å². The van der Waals surface area contributed by atoms with E-state index in [0.29, 0.717) is 0 Å². The fourth-order valence-corrected chi connectivity index (χ4v) is 1.08. The summed E-state index contributed by atoms with van der Waals surface area (Å²) in [6, 6.07) is 0. The van der Waals surface area contributed by atoms with Crippen molar-refractivity contribution in [3.8, 4) is 0 Å². The first kappa shape index (κ1) is 15.1. The fourth-order valence-electron chi connectivity index (χ4n) is 0.647. The smallest absolute Gasteiger partial charge is 0.364 e. The van der Waals surface area contributed by atoms with Crippen LogP contribution in [-0.4, -0.2) is 48.7 Å². The van der Waals surface area contributed by atoms with E-state index in [1.54, 1.807) is 0 Å². The Hall–Kier alpha value is -0.870. The Kier molecular flexibility index (Phi) is 5.16. The zero-order valence-electron chi connectivity index (χ0n) is 7.73. The third-order valence-electron chi connectivity index (χ3n) is 1.46. The van der Waals surface area contributed by atoms with Gasteiger partial charge in [0.05, 0.1) is 6.61 Å². The van der Waals surface area contributed by atoms with Crippen LogP contribution in [0.15, 0.2) is 0 Å². The van der Waals surface area contributed by atoms with E-state index in [1.807, 2.05) is 0 Å². The number of carbonyl (C=O) groups is 1. The van der Waals surface area contributed by atoms with Crippen LogP contribution in [0.25, 0.3) is 0 Å². The van der Waals surface area contributed by atoms with Crippen LogP contribution in [0.2, 0.25) is 0 Å². The zero-order valence-corrected chi connectivity index (χ0v) is 8.55. The van der Waals surface area contributed by atoms with E-state index in [9.17, 15) is 30.9 Å². The zero-order chi connectivity index (χ0) is 13.0. The van der Waals surface area contributed by atoms with E-state index >= 15 is 0 Å². The molecule has 0 aliphatic heterocycles. The Morgan fingerprint density at radius 2 is 2.00 bits per heavy atom. The largest absolute Gasteiger partial charge is 0.743 e. The Bertz CT molecular complexity index is 340. The number of rotatable bonds is 6. The summed E-state index contributed by atoms with van der Waals surface area (Å²) in [5.74, 6) is -1.18. The quantitative estimate of drug-likeness (QED) is 0.507. The molecule has 6 nitrogen and oxygen atoms in total. The number of hydrogen-bond acceptors (Lipinski definition) is 6. The summed E-state index contributed by atoms with van der Waals surface area (Å²) >= 11 is 0. The van der Waals surface area contributed by atoms with Crippen molar-refractivity contribution in [2.24, 2.45) is 0 Å². The van der Waals surface area contributed by atoms with E-state index in [-0.39, 0.29) is 0 Å². The molecule has 0 rings (SSSR count). The van der Waals surface area contributed by atoms with Crippen LogP contribution in [0.1, 0.15) is 6.42 Å². The monoisotopic (exact) mass is 265 g/mol. The van der Waals surface area contributed by atoms with Gasteiger partial charge in [-0.15, -0.1) is 0 Å². The number of aliphatic hydroxyl groups is 1. The Labute approximate surface area is 88.8 Å². The molecule has 0 fully saturated rings. The first-order valence-corrected chi connectivity index (χ1v) is 5.27. The van der Waals surface area contributed by atoms with Gasteiger partial charge in [0.2, 0.25) is 0 Å². The van der Waals surface area contributed by atoms with Gasteiger partial charge < -0.3 is 14.4 Å². The number of esters is 1. The van der Waals surface area contributed by atoms with Gasteiger partial charge in [0.1, 0.15) is 6.61 Å². The molecular weight excluding hydrogens is 257 g/mol. The van der Waals surface area contributed by atoms with Gasteiger partial charge in [-0.2, -0.15) is 8.78 Å². The maximum absolute atomic E-state index is 12.6. The van der Waals surface area contributed by atoms with Crippen LogP contribution < -0.4 is 0 Å². The Balaban J connectivity index is 4.27. The molecule has 96 valence electrons. The number of alkyl halides is 3. The molecular formula is C6H8F3O6S-. The predicted octanol–water partition coefficient (Wildman–Crippen LogP) is -0.612. The van der Waals surface area contributed by atoms with E-state index < -0.39 is 47.1 Å². The molecule has 0 aliphatic carbocycles. The maximum Gasteiger partial charge on any atom is 0.364 e. The highest BCUT2D eigenvalue weighted by Crippen LogP contribution is 2.29. The molecule has 0 saturated carbocycles. The van der Waals surface area contributed by atoms with Gasteiger partial charge in [0.25, 0.3) is 0 Å². The molecule has 0 aromatic carbocycles. The summed E-state index contributed by atoms with van der Waals surface area (Å²) in [6.45, 7) is -1.89. The molecule has 1 unspecified atom stereocenters. The van der Waals surface area contributed by atoms with Crippen molar-refractivity contribution in [3.63, 3.8) is 0 Å². The molecule has 10 heteroatoms. The normalized spacial score (nSPS) is 14.6. The second-order valence-corrected chi connectivity index (χ2v) is 4.10. The van der Waals surface area contributed by atoms with Crippen molar-refractivity contribution >= 4 is 16.1 Å². The van der Waals surface area contributed by atoms with Crippen LogP contribution in [-0.2, 0) is 19.6 Å². The van der Waals surface area contributed by atoms with E-state index in [2.05, 4.69) is 4.74 Å². The third-order valence-corrected chi connectivity index (χ3v) is 2.38. The standard InChI is InChI=1S/C6H9F3O6S/c7-4(1-2-15-5(11)3-10)6(8,9)16(12,13)14/h4,10H,1-3H2,(H,12,13,14)/p-1. The number of ether oxygens (including phenoxy) is 1. The van der Waals surface area contributed by atoms with Gasteiger partial charge >= 0.3 is 11.2 Å². The maximum atomic E-state index is 12.6. The lowest BCUT2D eigenvalue weighted by atomic mass is 10.3. The predicted molar refractivity (Wildman–Crippen MR) is 42.2 cm³/mol. The van der Waals surface area contributed by atoms with Crippen LogP contribution in [0.5, 0.6) is 0 Å². The van der Waals surface area contributed by atoms with Gasteiger partial charge in [-0.1, -0.05) is 0 Å². The minimum Gasteiger partial charge on any atom is -0.743 e. The van der Waals surface area contributed by atoms with Crippen LogP contribution >= 0.6 is 0 Å². The highest BCUT2D eigenvalue weighted by Gasteiger charge is 2.47. The lowest BCUT2D eigenvalue weighted by Crippen LogP contribution is -2.39. The van der Waals surface area contributed by atoms with Crippen LogP contribution in [0.4, 0.5) is 13.2 Å². The van der Waals surface area contributed by atoms with Gasteiger partial charge in [-0.25, -0.2) is 17.6 Å². The molecule has 0 radical (unpaired) electrons. The molecule has 0 aromatic rings. The van der Waals surface area contributed by atoms with Gasteiger partial charge in [0.15, 0.2) is 16.3 Å². The molecule has 0 bridgehead atoms. The molecule has 1 atom stereocenters. The minimum atomic E-state index is -6.11. The first-order valence-electron chi connectivity index (χ1n) is 3.86. The molecule has 0 aromatic heterocycles. The second kappa shape index (κ2) is 5.46. The molecule has 0 heterocycles. The van der Waals surface area contributed by atoms with E-state index in [1.165, 1.54) is 0 Å². The van der Waals surface area contributed by atoms with E-state index in [0.717, 1.165) is 0 Å². The molecule has 16 heavy (non-hydrogen) atoms. The van der Waals surface area contributed by atoms with Crippen molar-refractivity contribution < 1.29 is 40.8 Å². The van der Waals surface area contributed by atoms with Gasteiger partial charge in [0, 0.05) is 6.42 Å². The highest BCUT2D eigenvalue weighted by atomic mass is 32.2. The SMILES string of the molecule is O=C(CO)OCCC(F)C(F)(F)S(=O)(=O)[O-]. The van der Waals surface area contributed by atoms with Crippen molar-refractivity contribution in [1.82, 2.24) is 0 Å². The summed E-state index contributed by atoms with van der Waals surface area (Å²) in [4.78, 5) is 10.3. The molecule has 0 aliphatic rings. The summed E-state index contributed by atoms with van der Waals surface area (Å²) in [7, 11) is -6.11. The van der Waals surface area contributed by atoms with Crippen molar-refractivity contribution in [2.45, 2.75) is 17.8 Å². The van der Waals surface area contributed by atoms with Crippen LogP contribution in [0.3, 0.4) is 0 Å². The molecule has 0 saturated heterocycles. The number of carbonyl (C=O) groups excluding carboxylic acids is 1. The molecule has 0 amide bonds. The van der Waals surface area contributed by atoms with Crippen molar-refractivity contribution in [1.29, 1.82) is 0 Å². The van der Waals surface area contributed by atoms with E-state index in [4.69, 9.17) is 5.11 Å². The number of aliphatic hydroxyl groups excluding tert-OH is 1.